The lowest BCUT2D eigenvalue weighted by Crippen LogP contribution is -2.25. The molecular formula is C9H15ClN2S2. The highest BCUT2D eigenvalue weighted by molar-refractivity contribution is 8.77. The van der Waals surface area contributed by atoms with Gasteiger partial charge in [0.15, 0.2) is 0 Å². The topological polar surface area (TPSA) is 38.9 Å². The summed E-state index contributed by atoms with van der Waals surface area (Å²) in [6.07, 6.45) is 1.80. The predicted octanol–water partition coefficient (Wildman–Crippen LogP) is 2.98. The standard InChI is InChI=1S/C9H14N2S2.ClH/c1-9(2,7-10)13-12-8-5-3-4-6-11-8;/h3-6H,7,10H2,1-2H3;1H. The smallest absolute Gasteiger partial charge is 0.106 e. The Morgan fingerprint density at radius 3 is 2.64 bits per heavy atom. The number of aromatic nitrogens is 1. The third-order valence-electron chi connectivity index (χ3n) is 1.48. The van der Waals surface area contributed by atoms with Gasteiger partial charge in [-0.1, -0.05) is 16.9 Å². The van der Waals surface area contributed by atoms with Crippen LogP contribution in [0.15, 0.2) is 29.4 Å². The first-order valence-electron chi connectivity index (χ1n) is 4.11. The molecule has 0 fully saturated rings. The molecule has 0 aliphatic heterocycles. The van der Waals surface area contributed by atoms with Gasteiger partial charge in [-0.2, -0.15) is 0 Å². The second-order valence-electron chi connectivity index (χ2n) is 3.30. The van der Waals surface area contributed by atoms with Crippen molar-refractivity contribution in [2.75, 3.05) is 6.54 Å². The van der Waals surface area contributed by atoms with E-state index in [1.807, 2.05) is 18.2 Å². The van der Waals surface area contributed by atoms with Crippen LogP contribution in [0.1, 0.15) is 13.8 Å². The van der Waals surface area contributed by atoms with E-state index in [9.17, 15) is 0 Å². The van der Waals surface area contributed by atoms with E-state index in [4.69, 9.17) is 5.73 Å². The molecule has 2 nitrogen and oxygen atoms in total. The zero-order valence-corrected chi connectivity index (χ0v) is 10.7. The molecule has 1 aromatic heterocycles. The Morgan fingerprint density at radius 2 is 2.14 bits per heavy atom. The molecule has 1 rings (SSSR count). The number of hydrogen-bond acceptors (Lipinski definition) is 4. The van der Waals surface area contributed by atoms with Crippen molar-refractivity contribution in [3.05, 3.63) is 24.4 Å². The Bertz CT molecular complexity index is 254. The monoisotopic (exact) mass is 250 g/mol. The van der Waals surface area contributed by atoms with E-state index in [2.05, 4.69) is 18.8 Å². The van der Waals surface area contributed by atoms with Gasteiger partial charge in [-0.05, 0) is 36.8 Å². The summed E-state index contributed by atoms with van der Waals surface area (Å²) in [7, 11) is 3.44. The first-order valence-corrected chi connectivity index (χ1v) is 6.26. The summed E-state index contributed by atoms with van der Waals surface area (Å²) in [5.74, 6) is 0. The molecule has 0 unspecified atom stereocenters. The van der Waals surface area contributed by atoms with Gasteiger partial charge in [-0.3, -0.25) is 0 Å². The lowest BCUT2D eigenvalue weighted by molar-refractivity contribution is 0.728. The van der Waals surface area contributed by atoms with Crippen molar-refractivity contribution in [3.63, 3.8) is 0 Å². The van der Waals surface area contributed by atoms with Gasteiger partial charge in [-0.15, -0.1) is 12.4 Å². The zero-order chi connectivity index (χ0) is 9.73. The summed E-state index contributed by atoms with van der Waals surface area (Å²) in [5, 5.41) is 1.04. The molecule has 0 aromatic carbocycles. The van der Waals surface area contributed by atoms with Gasteiger partial charge >= 0.3 is 0 Å². The number of pyridine rings is 1. The van der Waals surface area contributed by atoms with Crippen LogP contribution in [0.2, 0.25) is 0 Å². The van der Waals surface area contributed by atoms with Gasteiger partial charge in [0.2, 0.25) is 0 Å². The maximum Gasteiger partial charge on any atom is 0.106 e. The minimum atomic E-state index is 0. The lowest BCUT2D eigenvalue weighted by Gasteiger charge is -2.19. The molecule has 80 valence electrons. The van der Waals surface area contributed by atoms with Crippen molar-refractivity contribution < 1.29 is 0 Å². The highest BCUT2D eigenvalue weighted by Crippen LogP contribution is 2.38. The van der Waals surface area contributed by atoms with E-state index in [1.165, 1.54) is 0 Å². The first kappa shape index (κ1) is 14.1. The van der Waals surface area contributed by atoms with Crippen LogP contribution in [0.4, 0.5) is 0 Å². The molecule has 1 aromatic rings. The molecule has 0 spiro atoms. The summed E-state index contributed by atoms with van der Waals surface area (Å²) in [5.41, 5.74) is 5.62. The van der Waals surface area contributed by atoms with Crippen molar-refractivity contribution in [2.45, 2.75) is 23.6 Å². The van der Waals surface area contributed by atoms with Gasteiger partial charge in [0, 0.05) is 17.5 Å². The second-order valence-corrected chi connectivity index (χ2v) is 6.16. The molecule has 0 saturated carbocycles. The van der Waals surface area contributed by atoms with Crippen LogP contribution in [0, 0.1) is 0 Å². The molecule has 2 N–H and O–H groups in total. The SMILES string of the molecule is CC(C)(CN)SSc1ccccn1.Cl. The van der Waals surface area contributed by atoms with Gasteiger partial charge in [0.05, 0.1) is 0 Å². The van der Waals surface area contributed by atoms with Crippen LogP contribution in [-0.4, -0.2) is 16.3 Å². The maximum absolute atomic E-state index is 5.62. The van der Waals surface area contributed by atoms with Gasteiger partial charge in [0.25, 0.3) is 0 Å². The van der Waals surface area contributed by atoms with E-state index >= 15 is 0 Å². The Labute approximate surface area is 99.2 Å². The van der Waals surface area contributed by atoms with Gasteiger partial charge < -0.3 is 5.73 Å². The van der Waals surface area contributed by atoms with Crippen LogP contribution in [0.5, 0.6) is 0 Å². The fraction of sp³-hybridized carbons (Fsp3) is 0.444. The normalized spacial score (nSPS) is 10.8. The molecule has 0 aliphatic carbocycles. The average Bonchev–Trinajstić information content (AvgIpc) is 2.17. The van der Waals surface area contributed by atoms with E-state index in [1.54, 1.807) is 27.8 Å². The third-order valence-corrected chi connectivity index (χ3v) is 4.71. The second kappa shape index (κ2) is 6.56. The lowest BCUT2D eigenvalue weighted by atomic mass is 10.2. The molecule has 0 saturated heterocycles. The number of nitrogens with two attached hydrogens (primary N) is 1. The molecule has 5 heteroatoms. The Kier molecular flexibility index (Phi) is 6.61. The minimum Gasteiger partial charge on any atom is -0.329 e. The predicted molar refractivity (Wildman–Crippen MR) is 68.1 cm³/mol. The molecular weight excluding hydrogens is 236 g/mol. The number of nitrogens with zero attached hydrogens (tertiary/aromatic N) is 1. The zero-order valence-electron chi connectivity index (χ0n) is 8.27. The fourth-order valence-corrected chi connectivity index (χ4v) is 2.64. The Balaban J connectivity index is 0.00000169. The van der Waals surface area contributed by atoms with E-state index in [-0.39, 0.29) is 17.2 Å². The van der Waals surface area contributed by atoms with E-state index in [0.717, 1.165) is 5.03 Å². The first-order chi connectivity index (χ1) is 6.14. The third kappa shape index (κ3) is 5.10. The summed E-state index contributed by atoms with van der Waals surface area (Å²) < 4.78 is 0.113. The van der Waals surface area contributed by atoms with E-state index < -0.39 is 0 Å². The van der Waals surface area contributed by atoms with Crippen molar-refractivity contribution in [1.29, 1.82) is 0 Å². The molecule has 14 heavy (non-hydrogen) atoms. The van der Waals surface area contributed by atoms with Crippen LogP contribution >= 0.6 is 34.0 Å². The quantitative estimate of drug-likeness (QED) is 0.834. The Morgan fingerprint density at radius 1 is 1.43 bits per heavy atom. The average molecular weight is 251 g/mol. The van der Waals surface area contributed by atoms with Crippen molar-refractivity contribution in [1.82, 2.24) is 4.98 Å². The summed E-state index contributed by atoms with van der Waals surface area (Å²) in [6.45, 7) is 4.94. The molecule has 0 amide bonds. The maximum atomic E-state index is 5.62. The summed E-state index contributed by atoms with van der Waals surface area (Å²) in [6, 6.07) is 5.92. The van der Waals surface area contributed by atoms with E-state index in [0.29, 0.717) is 6.54 Å². The van der Waals surface area contributed by atoms with Crippen molar-refractivity contribution >= 4 is 34.0 Å². The molecule has 1 heterocycles. The van der Waals surface area contributed by atoms with Crippen molar-refractivity contribution in [3.8, 4) is 0 Å². The molecule has 0 bridgehead atoms. The highest BCUT2D eigenvalue weighted by atomic mass is 35.5. The van der Waals surface area contributed by atoms with Crippen LogP contribution in [0.25, 0.3) is 0 Å². The van der Waals surface area contributed by atoms with Crippen LogP contribution in [0.3, 0.4) is 0 Å². The fourth-order valence-electron chi connectivity index (χ4n) is 0.586. The number of hydrogen-bond donors (Lipinski definition) is 1. The number of halogens is 1. The van der Waals surface area contributed by atoms with Crippen LogP contribution < -0.4 is 5.73 Å². The summed E-state index contributed by atoms with van der Waals surface area (Å²) >= 11 is 0. The number of rotatable bonds is 4. The summed E-state index contributed by atoms with van der Waals surface area (Å²) in [4.78, 5) is 4.22. The van der Waals surface area contributed by atoms with Crippen molar-refractivity contribution in [2.24, 2.45) is 5.73 Å². The van der Waals surface area contributed by atoms with Crippen LogP contribution in [-0.2, 0) is 0 Å². The molecule has 0 aliphatic rings. The van der Waals surface area contributed by atoms with Gasteiger partial charge in [-0.25, -0.2) is 4.98 Å². The largest absolute Gasteiger partial charge is 0.329 e. The molecule has 0 atom stereocenters. The Hall–Kier alpha value is 0.1000. The van der Waals surface area contributed by atoms with Gasteiger partial charge in [0.1, 0.15) is 5.03 Å². The minimum absolute atomic E-state index is 0. The molecule has 0 radical (unpaired) electrons. The highest BCUT2D eigenvalue weighted by Gasteiger charge is 2.16.